The molecule has 0 radical (unpaired) electrons. The Kier molecular flexibility index (Phi) is 3.95. The van der Waals surface area contributed by atoms with Gasteiger partial charge < -0.3 is 4.90 Å². The van der Waals surface area contributed by atoms with Crippen molar-refractivity contribution in [3.63, 3.8) is 0 Å². The summed E-state index contributed by atoms with van der Waals surface area (Å²) in [5.74, 6) is 2.68. The second-order valence-electron chi connectivity index (χ2n) is 6.91. The van der Waals surface area contributed by atoms with Gasteiger partial charge in [0.25, 0.3) is 0 Å². The molecule has 20 heavy (non-hydrogen) atoms. The van der Waals surface area contributed by atoms with Crippen LogP contribution in [-0.2, 0) is 6.42 Å². The minimum absolute atomic E-state index is 0.679. The summed E-state index contributed by atoms with van der Waals surface area (Å²) in [7, 11) is 0. The Labute approximate surface area is 122 Å². The number of aromatic nitrogens is 2. The highest BCUT2D eigenvalue weighted by Gasteiger charge is 2.42. The number of fused-ring (bicyclic) bond motifs is 2. The predicted octanol–water partition coefficient (Wildman–Crippen LogP) is 3.83. The molecule has 1 aromatic rings. The van der Waals surface area contributed by atoms with Gasteiger partial charge >= 0.3 is 0 Å². The molecular weight excluding hydrogens is 246 g/mol. The van der Waals surface area contributed by atoms with Gasteiger partial charge in [-0.2, -0.15) is 0 Å². The molecule has 0 amide bonds. The molecule has 2 unspecified atom stereocenters. The van der Waals surface area contributed by atoms with Crippen LogP contribution in [0, 0.1) is 11.8 Å². The minimum Gasteiger partial charge on any atom is -0.335 e. The van der Waals surface area contributed by atoms with E-state index in [2.05, 4.69) is 35.6 Å². The number of hydrogen-bond acceptors (Lipinski definition) is 3. The van der Waals surface area contributed by atoms with Crippen LogP contribution in [0.5, 0.6) is 0 Å². The average molecular weight is 273 g/mol. The lowest BCUT2D eigenvalue weighted by Gasteiger charge is -2.40. The molecule has 3 heterocycles. The smallest absolute Gasteiger partial charge is 0.225 e. The van der Waals surface area contributed by atoms with Gasteiger partial charge in [0.2, 0.25) is 5.95 Å². The number of hydrogen-bond donors (Lipinski definition) is 0. The van der Waals surface area contributed by atoms with Gasteiger partial charge in [-0.05, 0) is 49.5 Å². The summed E-state index contributed by atoms with van der Waals surface area (Å²) in [5, 5.41) is 0. The van der Waals surface area contributed by atoms with Gasteiger partial charge in [0.1, 0.15) is 0 Å². The quantitative estimate of drug-likeness (QED) is 0.835. The number of rotatable bonds is 4. The minimum atomic E-state index is 0.679. The summed E-state index contributed by atoms with van der Waals surface area (Å²) < 4.78 is 0. The molecule has 3 nitrogen and oxygen atoms in total. The summed E-state index contributed by atoms with van der Waals surface area (Å²) in [5.41, 5.74) is 1.26. The molecule has 0 spiro atoms. The molecule has 2 aliphatic heterocycles. The van der Waals surface area contributed by atoms with Crippen LogP contribution in [0.15, 0.2) is 12.4 Å². The largest absolute Gasteiger partial charge is 0.335 e. The number of anilines is 1. The monoisotopic (exact) mass is 273 g/mol. The highest BCUT2D eigenvalue weighted by atomic mass is 15.3. The van der Waals surface area contributed by atoms with Gasteiger partial charge in [-0.15, -0.1) is 0 Å². The molecular formula is C17H27N3. The second-order valence-corrected chi connectivity index (χ2v) is 6.91. The van der Waals surface area contributed by atoms with Crippen molar-refractivity contribution in [3.8, 4) is 0 Å². The van der Waals surface area contributed by atoms with Gasteiger partial charge in [-0.25, -0.2) is 9.97 Å². The second kappa shape index (κ2) is 5.71. The van der Waals surface area contributed by atoms with Crippen LogP contribution < -0.4 is 4.90 Å². The first-order valence-electron chi connectivity index (χ1n) is 8.28. The zero-order chi connectivity index (χ0) is 14.1. The van der Waals surface area contributed by atoms with E-state index >= 15 is 0 Å². The van der Waals surface area contributed by atoms with Gasteiger partial charge in [-0.3, -0.25) is 0 Å². The Morgan fingerprint density at radius 1 is 1.15 bits per heavy atom. The molecule has 0 aliphatic carbocycles. The van der Waals surface area contributed by atoms with Crippen molar-refractivity contribution in [1.82, 2.24) is 9.97 Å². The third-order valence-corrected chi connectivity index (χ3v) is 5.17. The molecule has 3 rings (SSSR count). The van der Waals surface area contributed by atoms with E-state index in [1.807, 2.05) is 12.4 Å². The van der Waals surface area contributed by atoms with Crippen molar-refractivity contribution in [2.75, 3.05) is 4.90 Å². The van der Waals surface area contributed by atoms with E-state index in [9.17, 15) is 0 Å². The van der Waals surface area contributed by atoms with Gasteiger partial charge in [-0.1, -0.05) is 27.2 Å². The van der Waals surface area contributed by atoms with Crippen LogP contribution in [0.2, 0.25) is 0 Å². The lowest BCUT2D eigenvalue weighted by atomic mass is 9.83. The van der Waals surface area contributed by atoms with Gasteiger partial charge in [0, 0.05) is 24.5 Å². The SMILES string of the molecule is CCCc1cnc(N2C3CCC2CC(C(C)C)C3)nc1. The highest BCUT2D eigenvalue weighted by Crippen LogP contribution is 2.42. The zero-order valence-corrected chi connectivity index (χ0v) is 13.0. The van der Waals surface area contributed by atoms with Crippen molar-refractivity contribution >= 4 is 5.95 Å². The van der Waals surface area contributed by atoms with Crippen LogP contribution in [0.3, 0.4) is 0 Å². The van der Waals surface area contributed by atoms with Crippen LogP contribution >= 0.6 is 0 Å². The van der Waals surface area contributed by atoms with Crippen LogP contribution in [0.1, 0.15) is 58.4 Å². The average Bonchev–Trinajstić information content (AvgIpc) is 2.70. The van der Waals surface area contributed by atoms with Crippen molar-refractivity contribution in [1.29, 1.82) is 0 Å². The van der Waals surface area contributed by atoms with Crippen molar-refractivity contribution in [2.45, 2.75) is 71.4 Å². The van der Waals surface area contributed by atoms with Crippen LogP contribution in [0.25, 0.3) is 0 Å². The molecule has 2 fully saturated rings. The summed E-state index contributed by atoms with van der Waals surface area (Å²) in [6.07, 6.45) is 11.6. The standard InChI is InChI=1S/C17H27N3/c1-4-5-13-10-18-17(19-11-13)20-15-6-7-16(20)9-14(8-15)12(2)3/h10-12,14-16H,4-9H2,1-3H3. The molecule has 0 saturated carbocycles. The Hall–Kier alpha value is -1.12. The first kappa shape index (κ1) is 13.8. The zero-order valence-electron chi connectivity index (χ0n) is 13.0. The fourth-order valence-electron chi connectivity index (χ4n) is 3.99. The number of piperidine rings is 1. The molecule has 2 saturated heterocycles. The first-order chi connectivity index (χ1) is 9.69. The normalized spacial score (nSPS) is 29.2. The topological polar surface area (TPSA) is 29.0 Å². The maximum Gasteiger partial charge on any atom is 0.225 e. The third kappa shape index (κ3) is 2.55. The Balaban J connectivity index is 1.75. The molecule has 2 bridgehead atoms. The van der Waals surface area contributed by atoms with E-state index in [1.54, 1.807) is 0 Å². The van der Waals surface area contributed by atoms with Crippen molar-refractivity contribution in [3.05, 3.63) is 18.0 Å². The lowest BCUT2D eigenvalue weighted by Crippen LogP contribution is -2.45. The van der Waals surface area contributed by atoms with Crippen LogP contribution in [0.4, 0.5) is 5.95 Å². The maximum atomic E-state index is 4.65. The van der Waals surface area contributed by atoms with Gasteiger partial charge in [0.05, 0.1) is 0 Å². The fourth-order valence-corrected chi connectivity index (χ4v) is 3.99. The Morgan fingerprint density at radius 3 is 2.25 bits per heavy atom. The van der Waals surface area contributed by atoms with E-state index in [0.29, 0.717) is 12.1 Å². The first-order valence-corrected chi connectivity index (χ1v) is 8.28. The van der Waals surface area contributed by atoms with E-state index in [-0.39, 0.29) is 0 Å². The third-order valence-electron chi connectivity index (χ3n) is 5.17. The summed E-state index contributed by atoms with van der Waals surface area (Å²) in [6, 6.07) is 1.36. The predicted molar refractivity (Wildman–Crippen MR) is 82.9 cm³/mol. The molecule has 0 N–H and O–H groups in total. The Morgan fingerprint density at radius 2 is 1.75 bits per heavy atom. The molecule has 1 aromatic heterocycles. The molecule has 0 aromatic carbocycles. The molecule has 2 aliphatic rings. The number of aryl methyl sites for hydroxylation is 1. The summed E-state index contributed by atoms with van der Waals surface area (Å²) >= 11 is 0. The van der Waals surface area contributed by atoms with Crippen molar-refractivity contribution < 1.29 is 0 Å². The van der Waals surface area contributed by atoms with E-state index in [0.717, 1.165) is 30.6 Å². The summed E-state index contributed by atoms with van der Waals surface area (Å²) in [4.78, 5) is 11.8. The van der Waals surface area contributed by atoms with E-state index in [4.69, 9.17) is 0 Å². The van der Waals surface area contributed by atoms with E-state index < -0.39 is 0 Å². The highest BCUT2D eigenvalue weighted by molar-refractivity contribution is 5.37. The van der Waals surface area contributed by atoms with E-state index in [1.165, 1.54) is 31.2 Å². The maximum absolute atomic E-state index is 4.65. The molecule has 2 atom stereocenters. The number of nitrogens with zero attached hydrogens (tertiary/aromatic N) is 3. The fraction of sp³-hybridized carbons (Fsp3) is 0.765. The van der Waals surface area contributed by atoms with Crippen molar-refractivity contribution in [2.24, 2.45) is 11.8 Å². The molecule has 110 valence electrons. The van der Waals surface area contributed by atoms with Crippen LogP contribution in [-0.4, -0.2) is 22.1 Å². The van der Waals surface area contributed by atoms with Gasteiger partial charge in [0.15, 0.2) is 0 Å². The molecule has 3 heteroatoms. The lowest BCUT2D eigenvalue weighted by molar-refractivity contribution is 0.265. The summed E-state index contributed by atoms with van der Waals surface area (Å²) in [6.45, 7) is 6.94. The Bertz CT molecular complexity index is 426.